The predicted octanol–water partition coefficient (Wildman–Crippen LogP) is 16.1. The van der Waals surface area contributed by atoms with E-state index < -0.39 is 6.10 Å². The summed E-state index contributed by atoms with van der Waals surface area (Å²) in [4.78, 5) is 37.8. The lowest BCUT2D eigenvalue weighted by atomic mass is 10.1. The van der Waals surface area contributed by atoms with Gasteiger partial charge in [0.1, 0.15) is 13.2 Å². The zero-order valence-electron chi connectivity index (χ0n) is 39.6. The topological polar surface area (TPSA) is 78.9 Å². The quantitative estimate of drug-likeness (QED) is 0.0263. The first-order valence-corrected chi connectivity index (χ1v) is 24.5. The molecule has 1 atom stereocenters. The van der Waals surface area contributed by atoms with E-state index in [0.29, 0.717) is 19.3 Å². The smallest absolute Gasteiger partial charge is 0.306 e. The lowest BCUT2D eigenvalue weighted by Crippen LogP contribution is -2.30. The molecule has 62 heavy (non-hydrogen) atoms. The summed E-state index contributed by atoms with van der Waals surface area (Å²) >= 11 is 0. The zero-order valence-corrected chi connectivity index (χ0v) is 39.6. The van der Waals surface area contributed by atoms with Gasteiger partial charge in [-0.15, -0.1) is 0 Å². The molecule has 0 fully saturated rings. The molecule has 6 heteroatoms. The molecule has 0 aromatic rings. The minimum absolute atomic E-state index is 0.120. The number of unbranched alkanes of at least 4 members (excludes halogenated alkanes) is 11. The monoisotopic (exact) mass is 857 g/mol. The Labute approximate surface area is 380 Å². The molecule has 348 valence electrons. The van der Waals surface area contributed by atoms with Crippen LogP contribution in [-0.4, -0.2) is 37.2 Å². The maximum Gasteiger partial charge on any atom is 0.306 e. The highest BCUT2D eigenvalue weighted by molar-refractivity contribution is 5.71. The van der Waals surface area contributed by atoms with Gasteiger partial charge >= 0.3 is 17.9 Å². The minimum Gasteiger partial charge on any atom is -0.462 e. The average Bonchev–Trinajstić information content (AvgIpc) is 3.27. The Morgan fingerprint density at radius 2 is 0.661 bits per heavy atom. The van der Waals surface area contributed by atoms with Crippen molar-refractivity contribution < 1.29 is 28.6 Å². The average molecular weight is 857 g/mol. The van der Waals surface area contributed by atoms with Gasteiger partial charge in [0.25, 0.3) is 0 Å². The number of carbonyl (C=O) groups is 3. The molecule has 0 aliphatic carbocycles. The van der Waals surface area contributed by atoms with Gasteiger partial charge < -0.3 is 14.2 Å². The molecule has 0 heterocycles. The standard InChI is InChI=1S/C56H88O6/c1-4-7-10-13-16-19-22-24-26-27-28-29-31-32-34-37-40-43-46-49-55(58)61-52-53(51-60-54(57)48-45-42-39-36-21-18-15-12-9-6-3)62-56(59)50-47-44-41-38-35-33-30-25-23-20-17-14-11-8-5-2/h7-8,10-11,16-17,19-20,24-26,28-30,32,34-35,38,40,43,53H,4-6,9,12-15,18,21-23,27,31,33,36-37,39,41-42,44-52H2,1-3H3/b10-7-,11-8-,19-16-,20-17-,26-24-,29-28-,30-25-,34-32-,38-35-,43-40-. The van der Waals surface area contributed by atoms with Crippen LogP contribution in [0.25, 0.3) is 0 Å². The SMILES string of the molecule is CC/C=C\C/C=C\C/C=C\C/C=C\C/C=C\C/C=C\CCC(=O)OCC(COC(=O)CCCCCCCCCCCC)OC(=O)CCCC/C=C\C/C=C\C/C=C\C/C=C\CC. The van der Waals surface area contributed by atoms with Crippen LogP contribution < -0.4 is 0 Å². The maximum absolute atomic E-state index is 12.7. The molecule has 0 radical (unpaired) electrons. The van der Waals surface area contributed by atoms with Crippen LogP contribution in [-0.2, 0) is 28.6 Å². The van der Waals surface area contributed by atoms with Gasteiger partial charge in [0, 0.05) is 19.3 Å². The van der Waals surface area contributed by atoms with Crippen molar-refractivity contribution in [2.75, 3.05) is 13.2 Å². The van der Waals surface area contributed by atoms with E-state index in [1.54, 1.807) is 0 Å². The van der Waals surface area contributed by atoms with Crippen LogP contribution in [0.1, 0.15) is 194 Å². The third-order valence-electron chi connectivity index (χ3n) is 9.73. The molecule has 0 rings (SSSR count). The highest BCUT2D eigenvalue weighted by Gasteiger charge is 2.19. The van der Waals surface area contributed by atoms with E-state index in [-0.39, 0.29) is 44.0 Å². The Balaban J connectivity index is 4.57. The second-order valence-electron chi connectivity index (χ2n) is 15.6. The number of ether oxygens (including phenoxy) is 3. The van der Waals surface area contributed by atoms with Gasteiger partial charge in [0.15, 0.2) is 6.10 Å². The predicted molar refractivity (Wildman–Crippen MR) is 265 cm³/mol. The summed E-state index contributed by atoms with van der Waals surface area (Å²) in [5, 5.41) is 0. The van der Waals surface area contributed by atoms with Crippen LogP contribution in [0, 0.1) is 0 Å². The van der Waals surface area contributed by atoms with Gasteiger partial charge in [-0.2, -0.15) is 0 Å². The summed E-state index contributed by atoms with van der Waals surface area (Å²) in [6.07, 6.45) is 67.7. The molecule has 6 nitrogen and oxygen atoms in total. The van der Waals surface area contributed by atoms with Crippen LogP contribution in [0.5, 0.6) is 0 Å². The van der Waals surface area contributed by atoms with Crippen molar-refractivity contribution in [3.05, 3.63) is 122 Å². The van der Waals surface area contributed by atoms with Crippen molar-refractivity contribution >= 4 is 17.9 Å². The highest BCUT2D eigenvalue weighted by Crippen LogP contribution is 2.12. The van der Waals surface area contributed by atoms with E-state index >= 15 is 0 Å². The minimum atomic E-state index is -0.830. The molecule has 0 N–H and O–H groups in total. The number of hydrogen-bond donors (Lipinski definition) is 0. The van der Waals surface area contributed by atoms with Crippen molar-refractivity contribution in [2.24, 2.45) is 0 Å². The van der Waals surface area contributed by atoms with Gasteiger partial charge in [-0.1, -0.05) is 200 Å². The maximum atomic E-state index is 12.7. The van der Waals surface area contributed by atoms with E-state index in [1.807, 2.05) is 12.2 Å². The molecule has 0 aromatic heterocycles. The lowest BCUT2D eigenvalue weighted by molar-refractivity contribution is -0.166. The second-order valence-corrected chi connectivity index (χ2v) is 15.6. The van der Waals surface area contributed by atoms with E-state index in [4.69, 9.17) is 14.2 Å². The molecule has 0 saturated heterocycles. The molecule has 1 unspecified atom stereocenters. The van der Waals surface area contributed by atoms with Gasteiger partial charge in [0.2, 0.25) is 0 Å². The Bertz CT molecular complexity index is 1350. The van der Waals surface area contributed by atoms with Crippen LogP contribution in [0.3, 0.4) is 0 Å². The number of carbonyl (C=O) groups excluding carboxylic acids is 3. The van der Waals surface area contributed by atoms with E-state index in [9.17, 15) is 14.4 Å². The number of hydrogen-bond acceptors (Lipinski definition) is 6. The first-order chi connectivity index (χ1) is 30.5. The zero-order chi connectivity index (χ0) is 45.1. The third kappa shape index (κ3) is 46.9. The lowest BCUT2D eigenvalue weighted by Gasteiger charge is -2.18. The summed E-state index contributed by atoms with van der Waals surface area (Å²) in [5.74, 6) is -1.06. The fourth-order valence-electron chi connectivity index (χ4n) is 6.10. The molecular formula is C56H88O6. The van der Waals surface area contributed by atoms with Crippen LogP contribution in [0.2, 0.25) is 0 Å². The fraction of sp³-hybridized carbons (Fsp3) is 0.589. The van der Waals surface area contributed by atoms with Gasteiger partial charge in [-0.05, 0) is 96.3 Å². The van der Waals surface area contributed by atoms with E-state index in [0.717, 1.165) is 96.3 Å². The van der Waals surface area contributed by atoms with Crippen molar-refractivity contribution in [2.45, 2.75) is 200 Å². The number of allylic oxidation sites excluding steroid dienone is 20. The molecule has 0 aliphatic heterocycles. The highest BCUT2D eigenvalue weighted by atomic mass is 16.6. The summed E-state index contributed by atoms with van der Waals surface area (Å²) in [5.41, 5.74) is 0. The van der Waals surface area contributed by atoms with Gasteiger partial charge in [-0.25, -0.2) is 0 Å². The van der Waals surface area contributed by atoms with Crippen molar-refractivity contribution in [3.63, 3.8) is 0 Å². The largest absolute Gasteiger partial charge is 0.462 e. The van der Waals surface area contributed by atoms with E-state index in [1.165, 1.54) is 44.9 Å². The molecule has 0 aromatic carbocycles. The van der Waals surface area contributed by atoms with E-state index in [2.05, 4.69) is 130 Å². The molecule has 0 aliphatic rings. The van der Waals surface area contributed by atoms with Crippen LogP contribution in [0.15, 0.2) is 122 Å². The van der Waals surface area contributed by atoms with Gasteiger partial charge in [0.05, 0.1) is 0 Å². The third-order valence-corrected chi connectivity index (χ3v) is 9.73. The Hall–Kier alpha value is -4.19. The molecule has 0 bridgehead atoms. The van der Waals surface area contributed by atoms with Crippen molar-refractivity contribution in [1.82, 2.24) is 0 Å². The van der Waals surface area contributed by atoms with Crippen LogP contribution >= 0.6 is 0 Å². The first kappa shape index (κ1) is 57.8. The summed E-state index contributed by atoms with van der Waals surface area (Å²) in [6, 6.07) is 0. The Morgan fingerprint density at radius 1 is 0.339 bits per heavy atom. The first-order valence-electron chi connectivity index (χ1n) is 24.5. The molecule has 0 amide bonds. The summed E-state index contributed by atoms with van der Waals surface area (Å²) in [7, 11) is 0. The molecule has 0 saturated carbocycles. The van der Waals surface area contributed by atoms with Crippen molar-refractivity contribution in [3.8, 4) is 0 Å². The number of esters is 3. The van der Waals surface area contributed by atoms with Crippen molar-refractivity contribution in [1.29, 1.82) is 0 Å². The Morgan fingerprint density at radius 3 is 1.08 bits per heavy atom. The summed E-state index contributed by atoms with van der Waals surface area (Å²) < 4.78 is 16.6. The number of rotatable bonds is 42. The molecule has 0 spiro atoms. The normalized spacial score (nSPS) is 13.1. The fourth-order valence-corrected chi connectivity index (χ4v) is 6.10. The molecular weight excluding hydrogens is 769 g/mol. The summed E-state index contributed by atoms with van der Waals surface area (Å²) in [6.45, 7) is 6.27. The Kier molecular flexibility index (Phi) is 46.1. The van der Waals surface area contributed by atoms with Crippen LogP contribution in [0.4, 0.5) is 0 Å². The second kappa shape index (κ2) is 49.5. The van der Waals surface area contributed by atoms with Gasteiger partial charge in [-0.3, -0.25) is 14.4 Å².